The number of hydrogen-bond acceptors (Lipinski definition) is 2. The summed E-state index contributed by atoms with van der Waals surface area (Å²) in [6, 6.07) is 72.1. The zero-order valence-electron chi connectivity index (χ0n) is 31.8. The average molecular weight is 752 g/mol. The molecule has 5 heteroatoms. The molecule has 4 heterocycles. The highest BCUT2D eigenvalue weighted by Crippen LogP contribution is 2.42. The van der Waals surface area contributed by atoms with Gasteiger partial charge < -0.3 is 4.57 Å². The van der Waals surface area contributed by atoms with Crippen LogP contribution in [0.3, 0.4) is 0 Å². The van der Waals surface area contributed by atoms with E-state index in [1.165, 1.54) is 65.6 Å². The predicted octanol–water partition coefficient (Wildman–Crippen LogP) is 13.7. The lowest BCUT2D eigenvalue weighted by Gasteiger charge is -2.13. The van der Waals surface area contributed by atoms with Crippen molar-refractivity contribution in [2.45, 2.75) is 0 Å². The summed E-state index contributed by atoms with van der Waals surface area (Å²) in [4.78, 5) is 10.6. The van der Waals surface area contributed by atoms with Gasteiger partial charge in [-0.2, -0.15) is 0 Å². The molecule has 5 nitrogen and oxygen atoms in total. The summed E-state index contributed by atoms with van der Waals surface area (Å²) in [5.74, 6) is 0.814. The van der Waals surface area contributed by atoms with E-state index in [9.17, 15) is 0 Å². The van der Waals surface area contributed by atoms with Crippen molar-refractivity contribution < 1.29 is 0 Å². The third-order valence-corrected chi connectivity index (χ3v) is 12.2. The van der Waals surface area contributed by atoms with Crippen LogP contribution in [0.15, 0.2) is 200 Å². The van der Waals surface area contributed by atoms with Crippen molar-refractivity contribution in [1.29, 1.82) is 0 Å². The first kappa shape index (κ1) is 32.1. The number of imidazole rings is 1. The Morgan fingerprint density at radius 3 is 1.63 bits per heavy atom. The highest BCUT2D eigenvalue weighted by molar-refractivity contribution is 6.22. The van der Waals surface area contributed by atoms with Gasteiger partial charge in [0.1, 0.15) is 5.65 Å². The molecule has 0 aliphatic carbocycles. The molecule has 0 unspecified atom stereocenters. The topological polar surface area (TPSA) is 40.0 Å². The fourth-order valence-corrected chi connectivity index (χ4v) is 9.53. The Bertz CT molecular complexity index is 3740. The molecule has 0 fully saturated rings. The monoisotopic (exact) mass is 751 g/mol. The van der Waals surface area contributed by atoms with E-state index in [0.717, 1.165) is 50.3 Å². The zero-order valence-corrected chi connectivity index (χ0v) is 31.8. The Balaban J connectivity index is 1.13. The van der Waals surface area contributed by atoms with Gasteiger partial charge in [-0.25, -0.2) is 9.97 Å². The smallest absolute Gasteiger partial charge is 0.221 e. The van der Waals surface area contributed by atoms with Crippen LogP contribution in [0.25, 0.3) is 116 Å². The first-order valence-corrected chi connectivity index (χ1v) is 20.1. The maximum atomic E-state index is 5.45. The molecule has 0 spiro atoms. The Morgan fingerprint density at radius 2 is 0.898 bits per heavy atom. The molecule has 0 N–H and O–H groups in total. The average Bonchev–Trinajstić information content (AvgIpc) is 3.97. The largest absolute Gasteiger partial charge is 0.309 e. The summed E-state index contributed by atoms with van der Waals surface area (Å²) in [5, 5.41) is 8.25. The fourth-order valence-electron chi connectivity index (χ4n) is 9.53. The minimum absolute atomic E-state index is 0.814. The lowest BCUT2D eigenvalue weighted by molar-refractivity contribution is 0.979. The Kier molecular flexibility index (Phi) is 6.66. The second kappa shape index (κ2) is 12.2. The molecule has 4 aromatic heterocycles. The number of benzene rings is 9. The SMILES string of the molecule is c1ccc(-c2ccc3c(c2)c2cc(-c4ccccc4)ccc2n3-c2ccc3c(c2)c2c4ccccc4ccc2n3-c2nc3ccccc3c3nc4ccccc4n23)cc1. The number of fused-ring (bicyclic) bond motifs is 13. The van der Waals surface area contributed by atoms with Gasteiger partial charge in [0.25, 0.3) is 0 Å². The minimum Gasteiger partial charge on any atom is -0.309 e. The molecule has 0 atom stereocenters. The molecule has 0 amide bonds. The molecule has 13 rings (SSSR count). The van der Waals surface area contributed by atoms with Crippen LogP contribution in [0.4, 0.5) is 0 Å². The van der Waals surface area contributed by atoms with Crippen molar-refractivity contribution in [3.05, 3.63) is 200 Å². The van der Waals surface area contributed by atoms with Crippen molar-refractivity contribution >= 4 is 82.0 Å². The van der Waals surface area contributed by atoms with Crippen LogP contribution in [-0.4, -0.2) is 23.5 Å². The van der Waals surface area contributed by atoms with E-state index < -0.39 is 0 Å². The van der Waals surface area contributed by atoms with E-state index >= 15 is 0 Å². The van der Waals surface area contributed by atoms with Crippen molar-refractivity contribution in [1.82, 2.24) is 23.5 Å². The summed E-state index contributed by atoms with van der Waals surface area (Å²) in [6.45, 7) is 0. The van der Waals surface area contributed by atoms with E-state index in [4.69, 9.17) is 9.97 Å². The third-order valence-electron chi connectivity index (χ3n) is 12.2. The molecule has 59 heavy (non-hydrogen) atoms. The van der Waals surface area contributed by atoms with Crippen molar-refractivity contribution in [2.24, 2.45) is 0 Å². The molecule has 0 aliphatic rings. The Labute approximate surface area is 338 Å². The normalized spacial score (nSPS) is 12.1. The van der Waals surface area contributed by atoms with Gasteiger partial charge in [0.05, 0.1) is 38.6 Å². The number of nitrogens with zero attached hydrogens (tertiary/aromatic N) is 5. The quantitative estimate of drug-likeness (QED) is 0.180. The van der Waals surface area contributed by atoms with E-state index in [-0.39, 0.29) is 0 Å². The number of rotatable bonds is 4. The molecule has 274 valence electrons. The fraction of sp³-hybridized carbons (Fsp3) is 0. The van der Waals surface area contributed by atoms with Crippen LogP contribution in [0.2, 0.25) is 0 Å². The predicted molar refractivity (Wildman–Crippen MR) is 245 cm³/mol. The summed E-state index contributed by atoms with van der Waals surface area (Å²) >= 11 is 0. The molecule has 0 bridgehead atoms. The maximum absolute atomic E-state index is 5.45. The summed E-state index contributed by atoms with van der Waals surface area (Å²) in [5.41, 5.74) is 14.2. The molecule has 13 aromatic rings. The third kappa shape index (κ3) is 4.67. The Morgan fingerprint density at radius 1 is 0.322 bits per heavy atom. The lowest BCUT2D eigenvalue weighted by atomic mass is 10.0. The Hall–Kier alpha value is -8.02. The van der Waals surface area contributed by atoms with E-state index in [1.807, 2.05) is 0 Å². The number of aromatic nitrogens is 5. The highest BCUT2D eigenvalue weighted by atomic mass is 15.2. The summed E-state index contributed by atoms with van der Waals surface area (Å²) in [7, 11) is 0. The van der Waals surface area contributed by atoms with Gasteiger partial charge >= 0.3 is 0 Å². The van der Waals surface area contributed by atoms with Crippen molar-refractivity contribution in [3.8, 4) is 33.9 Å². The second-order valence-electron chi connectivity index (χ2n) is 15.4. The van der Waals surface area contributed by atoms with Crippen LogP contribution in [0.1, 0.15) is 0 Å². The van der Waals surface area contributed by atoms with E-state index in [1.54, 1.807) is 0 Å². The zero-order chi connectivity index (χ0) is 38.6. The van der Waals surface area contributed by atoms with Gasteiger partial charge in [-0.1, -0.05) is 127 Å². The first-order valence-electron chi connectivity index (χ1n) is 20.1. The van der Waals surface area contributed by atoms with Crippen molar-refractivity contribution in [3.63, 3.8) is 0 Å². The molecule has 0 radical (unpaired) electrons. The van der Waals surface area contributed by atoms with Gasteiger partial charge in [-0.15, -0.1) is 0 Å². The van der Waals surface area contributed by atoms with Gasteiger partial charge in [-0.05, 0) is 106 Å². The molecule has 0 saturated heterocycles. The molecule has 0 saturated carbocycles. The molecular formula is C54H33N5. The van der Waals surface area contributed by atoms with Gasteiger partial charge in [0.15, 0.2) is 0 Å². The summed E-state index contributed by atoms with van der Waals surface area (Å²) < 4.78 is 7.03. The lowest BCUT2D eigenvalue weighted by Crippen LogP contribution is -2.06. The van der Waals surface area contributed by atoms with Crippen molar-refractivity contribution in [2.75, 3.05) is 0 Å². The standard InChI is InChI=1S/C54H33N5/c1-3-13-34(14-4-1)37-24-27-47-42(31-37)43-32-38(35-15-5-2-6-16-35)25-28-48(43)57(47)39-26-30-49-44(33-39)52-40-18-8-7-17-36(40)23-29-51(52)58(49)54-56-45-20-10-9-19-41(45)53-55-46-21-11-12-22-50(46)59(53)54/h1-33H. The summed E-state index contributed by atoms with van der Waals surface area (Å²) in [6.07, 6.45) is 0. The molecule has 0 aliphatic heterocycles. The van der Waals surface area contributed by atoms with Crippen LogP contribution in [-0.2, 0) is 0 Å². The van der Waals surface area contributed by atoms with Crippen LogP contribution < -0.4 is 0 Å². The van der Waals surface area contributed by atoms with Crippen LogP contribution >= 0.6 is 0 Å². The molecule has 9 aromatic carbocycles. The second-order valence-corrected chi connectivity index (χ2v) is 15.4. The van der Waals surface area contributed by atoms with Crippen LogP contribution in [0, 0.1) is 0 Å². The van der Waals surface area contributed by atoms with Gasteiger partial charge in [0, 0.05) is 32.6 Å². The minimum atomic E-state index is 0.814. The maximum Gasteiger partial charge on any atom is 0.221 e. The van der Waals surface area contributed by atoms with E-state index in [0.29, 0.717) is 0 Å². The highest BCUT2D eigenvalue weighted by Gasteiger charge is 2.22. The first-order chi connectivity index (χ1) is 29.3. The van der Waals surface area contributed by atoms with Gasteiger partial charge in [-0.3, -0.25) is 8.97 Å². The number of hydrogen-bond donors (Lipinski definition) is 0. The van der Waals surface area contributed by atoms with Crippen LogP contribution in [0.5, 0.6) is 0 Å². The van der Waals surface area contributed by atoms with Gasteiger partial charge in [0.2, 0.25) is 5.95 Å². The molecular weight excluding hydrogens is 719 g/mol. The van der Waals surface area contributed by atoms with E-state index in [2.05, 4.69) is 214 Å². The number of para-hydroxylation sites is 3.